The lowest BCUT2D eigenvalue weighted by molar-refractivity contribution is -0.140. The third-order valence-electron chi connectivity index (χ3n) is 2.88. The molecule has 6 nitrogen and oxygen atoms in total. The fraction of sp³-hybridized carbons (Fsp3) is 0.545. The SMILES string of the molecule is CCC(NC(=O)N1CSC[C@H]1C(=O)O)c1nccs1. The summed E-state index contributed by atoms with van der Waals surface area (Å²) in [7, 11) is 0. The number of rotatable bonds is 4. The zero-order chi connectivity index (χ0) is 13.8. The van der Waals surface area contributed by atoms with Crippen LogP contribution < -0.4 is 5.32 Å². The first-order valence-electron chi connectivity index (χ1n) is 5.90. The van der Waals surface area contributed by atoms with E-state index in [0.29, 0.717) is 11.6 Å². The van der Waals surface area contributed by atoms with Crippen LogP contribution >= 0.6 is 23.1 Å². The number of thioether (sulfide) groups is 1. The molecule has 0 aliphatic carbocycles. The minimum atomic E-state index is -0.956. The first-order chi connectivity index (χ1) is 9.13. The van der Waals surface area contributed by atoms with Crippen LogP contribution in [-0.2, 0) is 4.79 Å². The molecular weight excluding hydrogens is 286 g/mol. The highest BCUT2D eigenvalue weighted by Gasteiger charge is 2.35. The monoisotopic (exact) mass is 301 g/mol. The Morgan fingerprint density at radius 2 is 2.47 bits per heavy atom. The van der Waals surface area contributed by atoms with Crippen molar-refractivity contribution in [3.05, 3.63) is 16.6 Å². The molecule has 1 aromatic rings. The number of nitrogens with zero attached hydrogens (tertiary/aromatic N) is 2. The molecular formula is C11H15N3O3S2. The lowest BCUT2D eigenvalue weighted by Crippen LogP contribution is -2.47. The van der Waals surface area contributed by atoms with Crippen molar-refractivity contribution in [3.63, 3.8) is 0 Å². The average molecular weight is 301 g/mol. The molecule has 104 valence electrons. The van der Waals surface area contributed by atoms with E-state index in [-0.39, 0.29) is 12.1 Å². The van der Waals surface area contributed by atoms with Crippen LogP contribution in [0.4, 0.5) is 4.79 Å². The number of aliphatic carboxylic acids is 1. The fourth-order valence-electron chi connectivity index (χ4n) is 1.82. The highest BCUT2D eigenvalue weighted by Crippen LogP contribution is 2.23. The smallest absolute Gasteiger partial charge is 0.327 e. The topological polar surface area (TPSA) is 82.5 Å². The summed E-state index contributed by atoms with van der Waals surface area (Å²) in [6, 6.07) is -1.23. The standard InChI is InChI=1S/C11H15N3O3S2/c1-2-7(9-12-3-4-19-9)13-11(17)14-6-18-5-8(14)10(15)16/h3-4,7-8H,2,5-6H2,1H3,(H,13,17)(H,15,16)/t7?,8-/m0/s1. The van der Waals surface area contributed by atoms with Crippen LogP contribution in [0.15, 0.2) is 11.6 Å². The number of hydrogen-bond donors (Lipinski definition) is 2. The van der Waals surface area contributed by atoms with Crippen LogP contribution in [-0.4, -0.2) is 44.7 Å². The molecule has 1 aromatic heterocycles. The number of carboxylic acid groups (broad SMARTS) is 1. The predicted octanol–water partition coefficient (Wildman–Crippen LogP) is 1.76. The molecule has 2 rings (SSSR count). The van der Waals surface area contributed by atoms with Crippen molar-refractivity contribution in [1.29, 1.82) is 0 Å². The maximum absolute atomic E-state index is 12.1. The number of hydrogen-bond acceptors (Lipinski definition) is 5. The van der Waals surface area contributed by atoms with Gasteiger partial charge in [-0.05, 0) is 6.42 Å². The second-order valence-corrected chi connectivity index (χ2v) is 6.03. The largest absolute Gasteiger partial charge is 0.480 e. The van der Waals surface area contributed by atoms with Crippen LogP contribution in [0.5, 0.6) is 0 Å². The highest BCUT2D eigenvalue weighted by atomic mass is 32.2. The van der Waals surface area contributed by atoms with Crippen LogP contribution in [0, 0.1) is 0 Å². The Morgan fingerprint density at radius 1 is 1.68 bits per heavy atom. The molecule has 0 aromatic carbocycles. The summed E-state index contributed by atoms with van der Waals surface area (Å²) in [5.41, 5.74) is 0. The number of amides is 2. The van der Waals surface area contributed by atoms with Gasteiger partial charge in [-0.3, -0.25) is 0 Å². The van der Waals surface area contributed by atoms with Gasteiger partial charge in [0, 0.05) is 17.3 Å². The Labute approximate surface area is 119 Å². The van der Waals surface area contributed by atoms with E-state index < -0.39 is 12.0 Å². The van der Waals surface area contributed by atoms with Crippen molar-refractivity contribution in [2.45, 2.75) is 25.4 Å². The minimum absolute atomic E-state index is 0.160. The number of carboxylic acids is 1. The van der Waals surface area contributed by atoms with Gasteiger partial charge in [-0.15, -0.1) is 23.1 Å². The Bertz CT molecular complexity index is 452. The van der Waals surface area contributed by atoms with Crippen molar-refractivity contribution < 1.29 is 14.7 Å². The first-order valence-corrected chi connectivity index (χ1v) is 7.94. The number of thiazole rings is 1. The Balaban J connectivity index is 2.02. The summed E-state index contributed by atoms with van der Waals surface area (Å²) in [6.07, 6.45) is 2.42. The van der Waals surface area contributed by atoms with Crippen LogP contribution in [0.3, 0.4) is 0 Å². The number of aromatic nitrogens is 1. The Hall–Kier alpha value is -1.28. The maximum Gasteiger partial charge on any atom is 0.327 e. The van der Waals surface area contributed by atoms with Gasteiger partial charge >= 0.3 is 12.0 Å². The maximum atomic E-state index is 12.1. The van der Waals surface area contributed by atoms with Crippen molar-refractivity contribution in [2.24, 2.45) is 0 Å². The molecule has 1 saturated heterocycles. The van der Waals surface area contributed by atoms with Gasteiger partial charge in [0.1, 0.15) is 11.0 Å². The summed E-state index contributed by atoms with van der Waals surface area (Å²) < 4.78 is 0. The minimum Gasteiger partial charge on any atom is -0.480 e. The zero-order valence-electron chi connectivity index (χ0n) is 10.4. The van der Waals surface area contributed by atoms with E-state index in [1.165, 1.54) is 28.0 Å². The van der Waals surface area contributed by atoms with Gasteiger partial charge in [0.25, 0.3) is 0 Å². The molecule has 0 bridgehead atoms. The molecule has 1 fully saturated rings. The highest BCUT2D eigenvalue weighted by molar-refractivity contribution is 7.99. The van der Waals surface area contributed by atoms with Crippen LogP contribution in [0.2, 0.25) is 0 Å². The molecule has 1 aliphatic heterocycles. The van der Waals surface area contributed by atoms with E-state index in [4.69, 9.17) is 5.11 Å². The molecule has 2 amide bonds. The van der Waals surface area contributed by atoms with Crippen molar-refractivity contribution in [2.75, 3.05) is 11.6 Å². The third kappa shape index (κ3) is 3.19. The number of urea groups is 1. The van der Waals surface area contributed by atoms with Gasteiger partial charge in [0.15, 0.2) is 0 Å². The van der Waals surface area contributed by atoms with Gasteiger partial charge in [-0.1, -0.05) is 6.92 Å². The van der Waals surface area contributed by atoms with Crippen LogP contribution in [0.1, 0.15) is 24.4 Å². The third-order valence-corrected chi connectivity index (χ3v) is 4.79. The second kappa shape index (κ2) is 6.25. The van der Waals surface area contributed by atoms with E-state index >= 15 is 0 Å². The summed E-state index contributed by atoms with van der Waals surface area (Å²) >= 11 is 2.93. The molecule has 0 spiro atoms. The van der Waals surface area contributed by atoms with Gasteiger partial charge in [0.2, 0.25) is 0 Å². The Kier molecular flexibility index (Phi) is 4.65. The lowest BCUT2D eigenvalue weighted by Gasteiger charge is -2.23. The molecule has 1 aliphatic rings. The molecule has 8 heteroatoms. The van der Waals surface area contributed by atoms with Gasteiger partial charge in [-0.2, -0.15) is 0 Å². The van der Waals surface area contributed by atoms with Crippen molar-refractivity contribution >= 4 is 35.1 Å². The summed E-state index contributed by atoms with van der Waals surface area (Å²) in [5, 5.41) is 14.6. The molecule has 2 N–H and O–H groups in total. The summed E-state index contributed by atoms with van der Waals surface area (Å²) in [5.74, 6) is -0.101. The molecule has 2 atom stereocenters. The summed E-state index contributed by atoms with van der Waals surface area (Å²) in [4.78, 5) is 28.7. The quantitative estimate of drug-likeness (QED) is 0.885. The molecule has 1 unspecified atom stereocenters. The Morgan fingerprint density at radius 3 is 3.05 bits per heavy atom. The molecule has 2 heterocycles. The van der Waals surface area contributed by atoms with E-state index in [9.17, 15) is 9.59 Å². The number of nitrogens with one attached hydrogen (secondary N) is 1. The number of carbonyl (C=O) groups is 2. The predicted molar refractivity (Wildman–Crippen MR) is 74.3 cm³/mol. The fourth-order valence-corrected chi connectivity index (χ4v) is 3.74. The lowest BCUT2D eigenvalue weighted by atomic mass is 10.2. The number of carbonyl (C=O) groups excluding carboxylic acids is 1. The normalized spacial score (nSPS) is 20.3. The molecule has 0 radical (unpaired) electrons. The molecule has 0 saturated carbocycles. The van der Waals surface area contributed by atoms with E-state index in [1.54, 1.807) is 6.20 Å². The summed E-state index contributed by atoms with van der Waals surface area (Å²) in [6.45, 7) is 1.96. The van der Waals surface area contributed by atoms with E-state index in [1.807, 2.05) is 12.3 Å². The van der Waals surface area contributed by atoms with Gasteiger partial charge in [0.05, 0.1) is 11.9 Å². The van der Waals surface area contributed by atoms with E-state index in [2.05, 4.69) is 10.3 Å². The average Bonchev–Trinajstić information content (AvgIpc) is 3.05. The molecule has 19 heavy (non-hydrogen) atoms. The van der Waals surface area contributed by atoms with Crippen molar-refractivity contribution in [3.8, 4) is 0 Å². The van der Waals surface area contributed by atoms with Gasteiger partial charge < -0.3 is 15.3 Å². The van der Waals surface area contributed by atoms with E-state index in [0.717, 1.165) is 11.4 Å². The second-order valence-electron chi connectivity index (χ2n) is 4.10. The van der Waals surface area contributed by atoms with Crippen molar-refractivity contribution in [1.82, 2.24) is 15.2 Å². The zero-order valence-corrected chi connectivity index (χ0v) is 12.0. The van der Waals surface area contributed by atoms with Gasteiger partial charge in [-0.25, -0.2) is 14.6 Å². The first kappa shape index (κ1) is 14.1. The van der Waals surface area contributed by atoms with Crippen LogP contribution in [0.25, 0.3) is 0 Å².